The highest BCUT2D eigenvalue weighted by Gasteiger charge is 2.08. The van der Waals surface area contributed by atoms with E-state index in [1.54, 1.807) is 4.68 Å². The molecule has 0 aliphatic carbocycles. The number of aryl methyl sites for hydroxylation is 3. The van der Waals surface area contributed by atoms with E-state index in [9.17, 15) is 0 Å². The third-order valence-corrected chi connectivity index (χ3v) is 2.81. The van der Waals surface area contributed by atoms with Gasteiger partial charge < -0.3 is 5.32 Å². The Hall–Kier alpha value is -2.28. The van der Waals surface area contributed by atoms with E-state index in [1.807, 2.05) is 38.4 Å². The van der Waals surface area contributed by atoms with Crippen molar-refractivity contribution >= 4 is 11.4 Å². The lowest BCUT2D eigenvalue weighted by Gasteiger charge is -2.08. The fourth-order valence-electron chi connectivity index (χ4n) is 1.90. The maximum absolute atomic E-state index is 9.11. The van der Waals surface area contributed by atoms with E-state index in [1.165, 1.54) is 0 Å². The van der Waals surface area contributed by atoms with E-state index in [0.29, 0.717) is 5.56 Å². The minimum absolute atomic E-state index is 0.645. The van der Waals surface area contributed by atoms with Crippen molar-refractivity contribution in [2.24, 2.45) is 7.05 Å². The molecule has 1 aromatic carbocycles. The molecule has 1 heterocycles. The number of anilines is 2. The van der Waals surface area contributed by atoms with Crippen molar-refractivity contribution in [3.8, 4) is 6.07 Å². The lowest BCUT2D eigenvalue weighted by molar-refractivity contribution is 0.746. The first-order chi connectivity index (χ1) is 8.63. The zero-order valence-corrected chi connectivity index (χ0v) is 10.9. The van der Waals surface area contributed by atoms with Crippen LogP contribution in [0.1, 0.15) is 23.7 Å². The predicted molar refractivity (Wildman–Crippen MR) is 71.8 cm³/mol. The predicted octanol–water partition coefficient (Wildman–Crippen LogP) is 2.91. The first kappa shape index (κ1) is 12.2. The molecule has 0 saturated heterocycles. The molecule has 0 radical (unpaired) electrons. The Bertz CT molecular complexity index is 605. The number of benzene rings is 1. The molecule has 92 valence electrons. The molecular weight excluding hydrogens is 224 g/mol. The zero-order valence-electron chi connectivity index (χ0n) is 10.9. The molecule has 0 saturated carbocycles. The number of hydrogen-bond acceptors (Lipinski definition) is 3. The van der Waals surface area contributed by atoms with Crippen molar-refractivity contribution in [2.75, 3.05) is 5.32 Å². The highest BCUT2D eigenvalue weighted by atomic mass is 15.3. The van der Waals surface area contributed by atoms with E-state index in [0.717, 1.165) is 29.1 Å². The molecule has 1 aromatic heterocycles. The van der Waals surface area contributed by atoms with Gasteiger partial charge in [-0.2, -0.15) is 10.4 Å². The second-order valence-corrected chi connectivity index (χ2v) is 4.30. The van der Waals surface area contributed by atoms with Crippen molar-refractivity contribution in [1.29, 1.82) is 5.26 Å². The van der Waals surface area contributed by atoms with Gasteiger partial charge in [-0.3, -0.25) is 4.68 Å². The van der Waals surface area contributed by atoms with Gasteiger partial charge in [0.05, 0.1) is 22.6 Å². The van der Waals surface area contributed by atoms with Gasteiger partial charge in [0.15, 0.2) is 0 Å². The molecule has 4 heteroatoms. The maximum Gasteiger partial charge on any atom is 0.101 e. The van der Waals surface area contributed by atoms with Gasteiger partial charge in [0.1, 0.15) is 6.07 Å². The minimum Gasteiger partial charge on any atom is -0.352 e. The summed E-state index contributed by atoms with van der Waals surface area (Å²) in [5, 5.41) is 16.8. The number of nitrogens with one attached hydrogen (secondary N) is 1. The molecule has 4 nitrogen and oxygen atoms in total. The molecule has 0 spiro atoms. The summed E-state index contributed by atoms with van der Waals surface area (Å²) in [6, 6.07) is 7.95. The van der Waals surface area contributed by atoms with Crippen LogP contribution < -0.4 is 5.32 Å². The Morgan fingerprint density at radius 2 is 2.17 bits per heavy atom. The highest BCUT2D eigenvalue weighted by molar-refractivity contribution is 5.68. The van der Waals surface area contributed by atoms with Crippen LogP contribution in [0, 0.1) is 18.3 Å². The molecule has 1 N–H and O–H groups in total. The minimum atomic E-state index is 0.645. The smallest absolute Gasteiger partial charge is 0.101 e. The molecule has 2 rings (SSSR count). The number of rotatable bonds is 3. The van der Waals surface area contributed by atoms with Crippen LogP contribution in [-0.4, -0.2) is 9.78 Å². The van der Waals surface area contributed by atoms with E-state index in [-0.39, 0.29) is 0 Å². The molecule has 18 heavy (non-hydrogen) atoms. The van der Waals surface area contributed by atoms with E-state index in [4.69, 9.17) is 5.26 Å². The third kappa shape index (κ3) is 2.35. The topological polar surface area (TPSA) is 53.6 Å². The summed E-state index contributed by atoms with van der Waals surface area (Å²) in [4.78, 5) is 0. The fourth-order valence-corrected chi connectivity index (χ4v) is 1.90. The summed E-state index contributed by atoms with van der Waals surface area (Å²) in [6.07, 6.45) is 2.79. The lowest BCUT2D eigenvalue weighted by Crippen LogP contribution is -1.96. The van der Waals surface area contributed by atoms with Crippen LogP contribution >= 0.6 is 0 Å². The second-order valence-electron chi connectivity index (χ2n) is 4.30. The Kier molecular flexibility index (Phi) is 3.33. The fraction of sp³-hybridized carbons (Fsp3) is 0.286. The molecule has 0 amide bonds. The average Bonchev–Trinajstić information content (AvgIpc) is 2.70. The van der Waals surface area contributed by atoms with Gasteiger partial charge >= 0.3 is 0 Å². The summed E-state index contributed by atoms with van der Waals surface area (Å²) in [7, 11) is 1.89. The SMILES string of the molecule is CCc1nn(C)cc1Nc1cc(C)ccc1C#N. The first-order valence-electron chi connectivity index (χ1n) is 5.94. The summed E-state index contributed by atoms with van der Waals surface area (Å²) in [5.74, 6) is 0. The molecule has 0 unspecified atom stereocenters. The lowest BCUT2D eigenvalue weighted by atomic mass is 10.1. The quantitative estimate of drug-likeness (QED) is 0.897. The number of hydrogen-bond donors (Lipinski definition) is 1. The van der Waals surface area contributed by atoms with Crippen LogP contribution in [0.3, 0.4) is 0 Å². The molecule has 2 aromatic rings. The molecule has 0 fully saturated rings. The van der Waals surface area contributed by atoms with Crippen molar-refractivity contribution in [2.45, 2.75) is 20.3 Å². The Morgan fingerprint density at radius 3 is 2.83 bits per heavy atom. The number of nitrogens with zero attached hydrogens (tertiary/aromatic N) is 3. The molecule has 0 atom stereocenters. The van der Waals surface area contributed by atoms with Crippen LogP contribution in [0.25, 0.3) is 0 Å². The molecular formula is C14H16N4. The summed E-state index contributed by atoms with van der Waals surface area (Å²) >= 11 is 0. The largest absolute Gasteiger partial charge is 0.352 e. The van der Waals surface area contributed by atoms with Crippen molar-refractivity contribution < 1.29 is 0 Å². The van der Waals surface area contributed by atoms with Crippen molar-refractivity contribution in [1.82, 2.24) is 9.78 Å². The Morgan fingerprint density at radius 1 is 1.39 bits per heavy atom. The van der Waals surface area contributed by atoms with Gasteiger partial charge in [-0.05, 0) is 31.0 Å². The van der Waals surface area contributed by atoms with Gasteiger partial charge in [-0.15, -0.1) is 0 Å². The van der Waals surface area contributed by atoms with Gasteiger partial charge in [0.2, 0.25) is 0 Å². The highest BCUT2D eigenvalue weighted by Crippen LogP contribution is 2.24. The van der Waals surface area contributed by atoms with E-state index in [2.05, 4.69) is 23.4 Å². The molecule has 0 aliphatic heterocycles. The number of aromatic nitrogens is 2. The van der Waals surface area contributed by atoms with E-state index >= 15 is 0 Å². The summed E-state index contributed by atoms with van der Waals surface area (Å²) in [6.45, 7) is 4.07. The Labute approximate surface area is 107 Å². The normalized spacial score (nSPS) is 10.1. The van der Waals surface area contributed by atoms with Crippen molar-refractivity contribution in [3.63, 3.8) is 0 Å². The summed E-state index contributed by atoms with van der Waals surface area (Å²) in [5.41, 5.74) is 4.56. The van der Waals surface area contributed by atoms with Crippen LogP contribution in [0.4, 0.5) is 11.4 Å². The second kappa shape index (κ2) is 4.92. The van der Waals surface area contributed by atoms with E-state index < -0.39 is 0 Å². The van der Waals surface area contributed by atoms with Crippen LogP contribution in [0.2, 0.25) is 0 Å². The van der Waals surface area contributed by atoms with Crippen LogP contribution in [0.15, 0.2) is 24.4 Å². The monoisotopic (exact) mass is 240 g/mol. The van der Waals surface area contributed by atoms with Gasteiger partial charge in [0.25, 0.3) is 0 Å². The van der Waals surface area contributed by atoms with Crippen molar-refractivity contribution in [3.05, 3.63) is 41.2 Å². The van der Waals surface area contributed by atoms with Gasteiger partial charge in [-0.25, -0.2) is 0 Å². The first-order valence-corrected chi connectivity index (χ1v) is 5.94. The Balaban J connectivity index is 2.39. The van der Waals surface area contributed by atoms with Crippen LogP contribution in [-0.2, 0) is 13.5 Å². The van der Waals surface area contributed by atoms with Crippen LogP contribution in [0.5, 0.6) is 0 Å². The third-order valence-electron chi connectivity index (χ3n) is 2.81. The zero-order chi connectivity index (χ0) is 13.1. The molecule has 0 aliphatic rings. The summed E-state index contributed by atoms with van der Waals surface area (Å²) < 4.78 is 1.78. The van der Waals surface area contributed by atoms with Gasteiger partial charge in [-0.1, -0.05) is 13.0 Å². The average molecular weight is 240 g/mol. The standard InChI is InChI=1S/C14H16N4/c1-4-12-14(9-18(3)17-12)16-13-7-10(2)5-6-11(13)8-15/h5-7,9,16H,4H2,1-3H3. The van der Waals surface area contributed by atoms with Gasteiger partial charge in [0, 0.05) is 13.2 Å². The maximum atomic E-state index is 9.11. The molecule has 0 bridgehead atoms. The number of nitriles is 1.